The Morgan fingerprint density at radius 1 is 1.44 bits per heavy atom. The second-order valence-corrected chi connectivity index (χ2v) is 7.27. The smallest absolute Gasteiger partial charge is 0.257 e. The summed E-state index contributed by atoms with van der Waals surface area (Å²) in [5, 5.41) is 5.09. The van der Waals surface area contributed by atoms with E-state index in [9.17, 15) is 8.42 Å². The highest BCUT2D eigenvalue weighted by Crippen LogP contribution is 2.48. The number of primary sulfonamides is 1. The Morgan fingerprint density at radius 2 is 2.22 bits per heavy atom. The molecule has 1 aromatic heterocycles. The van der Waals surface area contributed by atoms with Gasteiger partial charge in [0.25, 0.3) is 10.0 Å². The van der Waals surface area contributed by atoms with Crippen molar-refractivity contribution in [2.75, 3.05) is 0 Å². The highest BCUT2D eigenvalue weighted by Gasteiger charge is 2.39. The van der Waals surface area contributed by atoms with Crippen LogP contribution in [0.5, 0.6) is 0 Å². The van der Waals surface area contributed by atoms with Crippen molar-refractivity contribution >= 4 is 10.0 Å². The third-order valence-corrected chi connectivity index (χ3v) is 5.34. The van der Waals surface area contributed by atoms with E-state index >= 15 is 0 Å². The van der Waals surface area contributed by atoms with Crippen LogP contribution in [0.1, 0.15) is 31.5 Å². The van der Waals surface area contributed by atoms with Crippen LogP contribution in [-0.2, 0) is 16.6 Å². The predicted molar refractivity (Wildman–Crippen MR) is 67.3 cm³/mol. The van der Waals surface area contributed by atoms with Gasteiger partial charge in [0, 0.05) is 12.7 Å². The third-order valence-electron chi connectivity index (χ3n) is 4.56. The Balaban J connectivity index is 1.79. The zero-order chi connectivity index (χ0) is 12.9. The fourth-order valence-corrected chi connectivity index (χ4v) is 4.19. The predicted octanol–water partition coefficient (Wildman–Crippen LogP) is 1.28. The van der Waals surface area contributed by atoms with E-state index < -0.39 is 10.0 Å². The molecule has 6 heteroatoms. The summed E-state index contributed by atoms with van der Waals surface area (Å²) in [5.41, 5.74) is 0. The van der Waals surface area contributed by atoms with Crippen molar-refractivity contribution in [3.05, 3.63) is 12.0 Å². The van der Waals surface area contributed by atoms with E-state index in [1.807, 2.05) is 11.5 Å². The number of sulfonamides is 1. The van der Waals surface area contributed by atoms with Crippen LogP contribution in [0.2, 0.25) is 0 Å². The maximum atomic E-state index is 11.3. The molecule has 0 aromatic carbocycles. The minimum absolute atomic E-state index is 0.0110. The molecule has 3 rings (SSSR count). The first-order chi connectivity index (χ1) is 8.43. The minimum Gasteiger partial charge on any atom is -0.333 e. The number of hydrogen-bond acceptors (Lipinski definition) is 3. The molecule has 2 aliphatic rings. The van der Waals surface area contributed by atoms with Crippen LogP contribution in [0.15, 0.2) is 11.2 Å². The Kier molecular flexibility index (Phi) is 2.75. The van der Waals surface area contributed by atoms with Crippen LogP contribution in [0.25, 0.3) is 0 Å². The van der Waals surface area contributed by atoms with Gasteiger partial charge in [-0.15, -0.1) is 0 Å². The lowest BCUT2D eigenvalue weighted by molar-refractivity contribution is 0.293. The molecular weight excluding hydrogens is 250 g/mol. The number of rotatable bonds is 3. The van der Waals surface area contributed by atoms with Crippen LogP contribution in [0, 0.1) is 24.7 Å². The molecule has 0 aliphatic heterocycles. The van der Waals surface area contributed by atoms with E-state index in [0.29, 0.717) is 5.92 Å². The van der Waals surface area contributed by atoms with Gasteiger partial charge in [-0.1, -0.05) is 6.42 Å². The lowest BCUT2D eigenvalue weighted by atomic mass is 9.89. The zero-order valence-electron chi connectivity index (χ0n) is 10.5. The number of aryl methyl sites for hydroxylation is 1. The average molecular weight is 269 g/mol. The van der Waals surface area contributed by atoms with Gasteiger partial charge in [-0.05, 0) is 43.9 Å². The fourth-order valence-electron chi connectivity index (χ4n) is 3.65. The number of nitrogens with two attached hydrogens (primary N) is 1. The van der Waals surface area contributed by atoms with Crippen molar-refractivity contribution in [2.24, 2.45) is 22.9 Å². The van der Waals surface area contributed by atoms with Crippen molar-refractivity contribution < 1.29 is 8.42 Å². The maximum absolute atomic E-state index is 11.3. The summed E-state index contributed by atoms with van der Waals surface area (Å²) in [5.74, 6) is 3.16. The first-order valence-corrected chi connectivity index (χ1v) is 8.04. The van der Waals surface area contributed by atoms with Crippen LogP contribution in [0.3, 0.4) is 0 Å². The van der Waals surface area contributed by atoms with E-state index in [2.05, 4.69) is 4.98 Å². The zero-order valence-corrected chi connectivity index (χ0v) is 11.4. The molecule has 0 radical (unpaired) electrons. The minimum atomic E-state index is -3.68. The summed E-state index contributed by atoms with van der Waals surface area (Å²) in [4.78, 5) is 4.04. The van der Waals surface area contributed by atoms with Crippen LogP contribution >= 0.6 is 0 Å². The normalized spacial score (nSPS) is 31.1. The summed E-state index contributed by atoms with van der Waals surface area (Å²) in [6.07, 6.45) is 6.95. The van der Waals surface area contributed by atoms with Gasteiger partial charge in [-0.2, -0.15) is 0 Å². The number of aromatic nitrogens is 2. The van der Waals surface area contributed by atoms with Crippen molar-refractivity contribution in [3.63, 3.8) is 0 Å². The molecule has 18 heavy (non-hydrogen) atoms. The van der Waals surface area contributed by atoms with Gasteiger partial charge in [0.1, 0.15) is 5.82 Å². The topological polar surface area (TPSA) is 78.0 Å². The van der Waals surface area contributed by atoms with Crippen LogP contribution in [-0.4, -0.2) is 18.0 Å². The fraction of sp³-hybridized carbons (Fsp3) is 0.750. The molecule has 2 aliphatic carbocycles. The molecule has 2 bridgehead atoms. The van der Waals surface area contributed by atoms with E-state index in [-0.39, 0.29) is 5.03 Å². The first kappa shape index (κ1) is 12.2. The van der Waals surface area contributed by atoms with Crippen LogP contribution in [0.4, 0.5) is 0 Å². The lowest BCUT2D eigenvalue weighted by Gasteiger charge is -2.22. The second kappa shape index (κ2) is 4.06. The Bertz CT molecular complexity index is 564. The SMILES string of the molecule is Cc1nc(S(N)(=O)=O)cn1CC1CC2CCC1C2. The average Bonchev–Trinajstić information content (AvgIpc) is 2.93. The second-order valence-electron chi connectivity index (χ2n) is 5.76. The van der Waals surface area contributed by atoms with E-state index in [1.54, 1.807) is 6.20 Å². The van der Waals surface area contributed by atoms with Crippen molar-refractivity contribution in [1.82, 2.24) is 9.55 Å². The number of hydrogen-bond donors (Lipinski definition) is 1. The summed E-state index contributed by atoms with van der Waals surface area (Å²) in [7, 11) is -3.68. The monoisotopic (exact) mass is 269 g/mol. The molecule has 2 N–H and O–H groups in total. The van der Waals surface area contributed by atoms with E-state index in [1.165, 1.54) is 25.7 Å². The molecule has 3 unspecified atom stereocenters. The maximum Gasteiger partial charge on any atom is 0.257 e. The number of nitrogens with zero attached hydrogens (tertiary/aromatic N) is 2. The van der Waals surface area contributed by atoms with Gasteiger partial charge in [-0.3, -0.25) is 0 Å². The highest BCUT2D eigenvalue weighted by molar-refractivity contribution is 7.89. The summed E-state index contributed by atoms with van der Waals surface area (Å²) in [6, 6.07) is 0. The third kappa shape index (κ3) is 2.07. The highest BCUT2D eigenvalue weighted by atomic mass is 32.2. The number of fused-ring (bicyclic) bond motifs is 2. The molecule has 5 nitrogen and oxygen atoms in total. The molecule has 3 atom stereocenters. The van der Waals surface area contributed by atoms with Gasteiger partial charge in [0.05, 0.1) is 0 Å². The molecule has 1 aromatic rings. The molecule has 0 saturated heterocycles. The van der Waals surface area contributed by atoms with Crippen molar-refractivity contribution in [3.8, 4) is 0 Å². The quantitative estimate of drug-likeness (QED) is 0.897. The largest absolute Gasteiger partial charge is 0.333 e. The lowest BCUT2D eigenvalue weighted by Crippen LogP contribution is -2.17. The van der Waals surface area contributed by atoms with Crippen LogP contribution < -0.4 is 5.14 Å². The Morgan fingerprint density at radius 3 is 2.72 bits per heavy atom. The summed E-state index contributed by atoms with van der Waals surface area (Å²) < 4.78 is 24.5. The van der Waals surface area contributed by atoms with E-state index in [0.717, 1.165) is 24.2 Å². The van der Waals surface area contributed by atoms with Gasteiger partial charge >= 0.3 is 0 Å². The van der Waals surface area contributed by atoms with Gasteiger partial charge in [0.15, 0.2) is 5.03 Å². The standard InChI is InChI=1S/C12H19N3O2S/c1-8-14-12(18(13,16)17)7-15(8)6-11-5-9-2-3-10(11)4-9/h7,9-11H,2-6H2,1H3,(H2,13,16,17). The summed E-state index contributed by atoms with van der Waals surface area (Å²) in [6.45, 7) is 2.72. The summed E-state index contributed by atoms with van der Waals surface area (Å²) >= 11 is 0. The first-order valence-electron chi connectivity index (χ1n) is 6.50. The molecule has 2 fully saturated rings. The number of imidazole rings is 1. The Labute approximate surface area is 107 Å². The molecule has 100 valence electrons. The molecule has 1 heterocycles. The molecule has 0 amide bonds. The van der Waals surface area contributed by atoms with Crippen molar-refractivity contribution in [1.29, 1.82) is 0 Å². The van der Waals surface area contributed by atoms with E-state index in [4.69, 9.17) is 5.14 Å². The molecule has 0 spiro atoms. The molecule has 2 saturated carbocycles. The van der Waals surface area contributed by atoms with Gasteiger partial charge in [-0.25, -0.2) is 18.5 Å². The molecular formula is C12H19N3O2S. The van der Waals surface area contributed by atoms with Gasteiger partial charge < -0.3 is 4.57 Å². The van der Waals surface area contributed by atoms with Gasteiger partial charge in [0.2, 0.25) is 0 Å². The Hall–Kier alpha value is -0.880. The van der Waals surface area contributed by atoms with Crippen molar-refractivity contribution in [2.45, 2.75) is 44.2 Å².